The Hall–Kier alpha value is -2.87. The van der Waals surface area contributed by atoms with Gasteiger partial charge in [0.2, 0.25) is 21.8 Å². The molecule has 0 aliphatic rings. The number of benzene rings is 2. The molecule has 0 saturated heterocycles. The van der Waals surface area contributed by atoms with Crippen molar-refractivity contribution in [2.75, 3.05) is 17.1 Å². The van der Waals surface area contributed by atoms with Gasteiger partial charge in [-0.3, -0.25) is 13.9 Å². The van der Waals surface area contributed by atoms with Crippen LogP contribution in [-0.4, -0.2) is 50.0 Å². The number of aryl methyl sites for hydroxylation is 3. The summed E-state index contributed by atoms with van der Waals surface area (Å²) in [5.41, 5.74) is 4.06. The molecule has 1 N–H and O–H groups in total. The lowest BCUT2D eigenvalue weighted by molar-refractivity contribution is -0.140. The number of anilines is 1. The smallest absolute Gasteiger partial charge is 0.244 e. The third-order valence-electron chi connectivity index (χ3n) is 5.60. The summed E-state index contributed by atoms with van der Waals surface area (Å²) in [5.74, 6) is -0.687. The maximum atomic E-state index is 13.7. The Balaban J connectivity index is 2.48. The predicted molar refractivity (Wildman–Crippen MR) is 137 cm³/mol. The number of hydrogen-bond acceptors (Lipinski definition) is 4. The highest BCUT2D eigenvalue weighted by atomic mass is 32.2. The molecule has 2 rings (SSSR count). The molecule has 0 heterocycles. The average molecular weight is 488 g/mol. The Kier molecular flexibility index (Phi) is 9.27. The molecule has 2 amide bonds. The van der Waals surface area contributed by atoms with E-state index in [0.717, 1.165) is 32.8 Å². The number of nitrogens with zero attached hydrogens (tertiary/aromatic N) is 2. The second-order valence-electron chi connectivity index (χ2n) is 9.15. The van der Waals surface area contributed by atoms with Gasteiger partial charge in [0.1, 0.15) is 12.6 Å². The second-order valence-corrected chi connectivity index (χ2v) is 11.1. The molecule has 2 aromatic carbocycles. The summed E-state index contributed by atoms with van der Waals surface area (Å²) in [5, 5.41) is 2.89. The first-order chi connectivity index (χ1) is 15.8. The van der Waals surface area contributed by atoms with E-state index in [0.29, 0.717) is 12.1 Å². The van der Waals surface area contributed by atoms with Crippen LogP contribution in [0.1, 0.15) is 49.4 Å². The van der Waals surface area contributed by atoms with Gasteiger partial charge < -0.3 is 10.2 Å². The number of nitrogens with one attached hydrogen (secondary N) is 1. The predicted octanol–water partition coefficient (Wildman–Crippen LogP) is 3.71. The molecule has 0 spiro atoms. The molecule has 0 saturated carbocycles. The maximum absolute atomic E-state index is 13.7. The lowest BCUT2D eigenvalue weighted by Crippen LogP contribution is -2.53. The Labute approximate surface area is 204 Å². The molecule has 0 aliphatic heterocycles. The summed E-state index contributed by atoms with van der Waals surface area (Å²) >= 11 is 0. The average Bonchev–Trinajstić information content (AvgIpc) is 2.73. The highest BCUT2D eigenvalue weighted by Crippen LogP contribution is 2.25. The third kappa shape index (κ3) is 7.32. The molecule has 186 valence electrons. The van der Waals surface area contributed by atoms with Crippen LogP contribution in [0.5, 0.6) is 0 Å². The van der Waals surface area contributed by atoms with Crippen molar-refractivity contribution in [2.45, 2.75) is 66.6 Å². The van der Waals surface area contributed by atoms with E-state index in [1.54, 1.807) is 6.07 Å². The van der Waals surface area contributed by atoms with E-state index in [1.807, 2.05) is 77.9 Å². The summed E-state index contributed by atoms with van der Waals surface area (Å²) in [6, 6.07) is 12.4. The minimum Gasteiger partial charge on any atom is -0.352 e. The largest absolute Gasteiger partial charge is 0.352 e. The van der Waals surface area contributed by atoms with Crippen LogP contribution in [0.4, 0.5) is 5.69 Å². The van der Waals surface area contributed by atoms with Crippen LogP contribution < -0.4 is 9.62 Å². The van der Waals surface area contributed by atoms with Crippen molar-refractivity contribution in [3.63, 3.8) is 0 Å². The van der Waals surface area contributed by atoms with Crippen molar-refractivity contribution in [3.8, 4) is 0 Å². The van der Waals surface area contributed by atoms with Crippen LogP contribution in [0.3, 0.4) is 0 Å². The zero-order valence-corrected chi connectivity index (χ0v) is 22.1. The van der Waals surface area contributed by atoms with E-state index in [2.05, 4.69) is 5.32 Å². The number of rotatable bonds is 10. The zero-order chi connectivity index (χ0) is 25.6. The number of hydrogen-bond donors (Lipinski definition) is 1. The Morgan fingerprint density at radius 1 is 0.971 bits per heavy atom. The first kappa shape index (κ1) is 27.4. The maximum Gasteiger partial charge on any atom is 0.244 e. The van der Waals surface area contributed by atoms with Crippen LogP contribution >= 0.6 is 0 Å². The van der Waals surface area contributed by atoms with E-state index in [1.165, 1.54) is 4.90 Å². The van der Waals surface area contributed by atoms with Crippen molar-refractivity contribution >= 4 is 27.5 Å². The second kappa shape index (κ2) is 11.5. The van der Waals surface area contributed by atoms with Gasteiger partial charge in [0.25, 0.3) is 0 Å². The van der Waals surface area contributed by atoms with Crippen molar-refractivity contribution in [3.05, 3.63) is 64.7 Å². The lowest BCUT2D eigenvalue weighted by atomic mass is 10.1. The minimum absolute atomic E-state index is 0.0830. The molecule has 2 aromatic rings. The molecular weight excluding hydrogens is 450 g/mol. The first-order valence-corrected chi connectivity index (χ1v) is 13.4. The number of carbonyl (C=O) groups excluding carboxylic acids is 2. The molecule has 1 atom stereocenters. The van der Waals surface area contributed by atoms with Crippen LogP contribution in [-0.2, 0) is 26.2 Å². The van der Waals surface area contributed by atoms with E-state index >= 15 is 0 Å². The highest BCUT2D eigenvalue weighted by Gasteiger charge is 2.32. The van der Waals surface area contributed by atoms with Gasteiger partial charge >= 0.3 is 0 Å². The summed E-state index contributed by atoms with van der Waals surface area (Å²) in [4.78, 5) is 28.2. The SMILES string of the molecule is CCC(C(=O)NC(C)C)N(Cc1ccc(C)cc1)C(=O)CN(c1cc(C)ccc1C)S(C)(=O)=O. The van der Waals surface area contributed by atoms with E-state index in [-0.39, 0.29) is 25.0 Å². The normalized spacial score (nSPS) is 12.4. The van der Waals surface area contributed by atoms with E-state index in [9.17, 15) is 18.0 Å². The van der Waals surface area contributed by atoms with Crippen LogP contribution in [0.25, 0.3) is 0 Å². The molecule has 0 aliphatic carbocycles. The van der Waals surface area contributed by atoms with E-state index < -0.39 is 22.0 Å². The van der Waals surface area contributed by atoms with Gasteiger partial charge in [0.05, 0.1) is 11.9 Å². The summed E-state index contributed by atoms with van der Waals surface area (Å²) in [6.45, 7) is 11.1. The molecule has 0 fully saturated rings. The molecule has 0 radical (unpaired) electrons. The molecule has 0 bridgehead atoms. The number of carbonyl (C=O) groups is 2. The summed E-state index contributed by atoms with van der Waals surface area (Å²) < 4.78 is 26.6. The van der Waals surface area contributed by atoms with Crippen LogP contribution in [0, 0.1) is 20.8 Å². The quantitative estimate of drug-likeness (QED) is 0.554. The summed E-state index contributed by atoms with van der Waals surface area (Å²) in [7, 11) is -3.75. The first-order valence-electron chi connectivity index (χ1n) is 11.5. The zero-order valence-electron chi connectivity index (χ0n) is 21.3. The standard InChI is InChI=1S/C26H37N3O4S/c1-8-23(26(31)27-18(2)3)28(16-22-13-10-19(4)11-14-22)25(30)17-29(34(7,32)33)24-15-20(5)9-12-21(24)6/h9-15,18,23H,8,16-17H2,1-7H3,(H,27,31). The minimum atomic E-state index is -3.75. The molecular formula is C26H37N3O4S. The van der Waals surface area contributed by atoms with Gasteiger partial charge in [-0.05, 0) is 63.8 Å². The van der Waals surface area contributed by atoms with E-state index in [4.69, 9.17) is 0 Å². The van der Waals surface area contributed by atoms with Crippen molar-refractivity contribution in [1.29, 1.82) is 0 Å². The summed E-state index contributed by atoms with van der Waals surface area (Å²) in [6.07, 6.45) is 1.49. The topological polar surface area (TPSA) is 86.8 Å². The molecule has 8 heteroatoms. The van der Waals surface area contributed by atoms with Gasteiger partial charge in [-0.1, -0.05) is 48.9 Å². The van der Waals surface area contributed by atoms with Crippen LogP contribution in [0.2, 0.25) is 0 Å². The fraction of sp³-hybridized carbons (Fsp3) is 0.462. The van der Waals surface area contributed by atoms with Crippen molar-refractivity contribution in [2.24, 2.45) is 0 Å². The fourth-order valence-electron chi connectivity index (χ4n) is 3.77. The Morgan fingerprint density at radius 2 is 1.56 bits per heavy atom. The van der Waals surface area contributed by atoms with Gasteiger partial charge in [-0.25, -0.2) is 8.42 Å². The molecule has 7 nitrogen and oxygen atoms in total. The van der Waals surface area contributed by atoms with Crippen LogP contribution in [0.15, 0.2) is 42.5 Å². The van der Waals surface area contributed by atoms with Gasteiger partial charge in [0, 0.05) is 12.6 Å². The number of amides is 2. The van der Waals surface area contributed by atoms with Crippen molar-refractivity contribution < 1.29 is 18.0 Å². The highest BCUT2D eigenvalue weighted by molar-refractivity contribution is 7.92. The van der Waals surface area contributed by atoms with Gasteiger partial charge in [0.15, 0.2) is 0 Å². The van der Waals surface area contributed by atoms with Crippen molar-refractivity contribution in [1.82, 2.24) is 10.2 Å². The Morgan fingerprint density at radius 3 is 2.09 bits per heavy atom. The fourth-order valence-corrected chi connectivity index (χ4v) is 4.67. The lowest BCUT2D eigenvalue weighted by Gasteiger charge is -2.33. The Bertz CT molecular complexity index is 1110. The molecule has 34 heavy (non-hydrogen) atoms. The van der Waals surface area contributed by atoms with Gasteiger partial charge in [-0.2, -0.15) is 0 Å². The molecule has 0 aromatic heterocycles. The van der Waals surface area contributed by atoms with Gasteiger partial charge in [-0.15, -0.1) is 0 Å². The number of sulfonamides is 1. The third-order valence-corrected chi connectivity index (χ3v) is 6.73. The monoisotopic (exact) mass is 487 g/mol. The molecule has 1 unspecified atom stereocenters.